The van der Waals surface area contributed by atoms with Gasteiger partial charge in [-0.1, -0.05) is 26.0 Å². The average molecular weight is 905 g/mol. The Balaban J connectivity index is 0.000000829. The molecule has 0 amide bonds. The molecule has 1 radical (unpaired) electrons. The number of halogens is 2. The molecule has 4 aromatic heterocycles. The Hall–Kier alpha value is -5.62. The van der Waals surface area contributed by atoms with E-state index >= 15 is 0 Å². The Kier molecular flexibility index (Phi) is 25.3. The fourth-order valence-corrected chi connectivity index (χ4v) is 4.42. The number of nitriles is 2. The zero-order chi connectivity index (χ0) is 43.7. The molecule has 0 saturated heterocycles. The van der Waals surface area contributed by atoms with Gasteiger partial charge in [-0.25, -0.2) is 37.3 Å². The van der Waals surface area contributed by atoms with Crippen LogP contribution in [-0.2, 0) is 29.9 Å². The number of aryl methyl sites for hydroxylation is 2. The third kappa shape index (κ3) is 20.6. The smallest absolute Gasteiger partial charge is 0.497 e. The molecule has 0 atom stereocenters. The number of hydrogen-bond donors (Lipinski definition) is 0. The van der Waals surface area contributed by atoms with Crippen molar-refractivity contribution in [2.75, 3.05) is 14.2 Å². The largest absolute Gasteiger partial charge is 2.00 e. The molecule has 0 fully saturated rings. The molecule has 0 spiro atoms. The molecule has 20 nitrogen and oxygen atoms in total. The maximum Gasteiger partial charge on any atom is 2.00 e. The molecule has 6 rings (SSSR count). The average Bonchev–Trinajstić information content (AvgIpc) is 3.83. The van der Waals surface area contributed by atoms with Gasteiger partial charge in [-0.05, 0) is 72.8 Å². The Morgan fingerprint density at radius 1 is 0.542 bits per heavy atom. The monoisotopic (exact) mass is 903 g/mol. The van der Waals surface area contributed by atoms with E-state index in [1.54, 1.807) is 38.8 Å². The number of ether oxygens (including phenoxy) is 2. The molecule has 0 bridgehead atoms. The SMILES string of the molecule is CC#N.CC#N.CCc1nnc(-c2ccccn2)n1-c1ccc(OC)cc1.CCc1nnc(-c2ccccn2)n1-c1ccc(OC)cc1.[Cu+2].[O-][Cl+3]([O-])([O-])[O-].[O-][Cl+3]([O-])([O-])[O-]. The molecule has 0 aliphatic heterocycles. The third-order valence-corrected chi connectivity index (χ3v) is 6.54. The molecule has 0 N–H and O–H groups in total. The van der Waals surface area contributed by atoms with Crippen LogP contribution in [0.2, 0.25) is 0 Å². The Labute approximate surface area is 354 Å². The molecular weight excluding hydrogens is 867 g/mol. The molecule has 0 saturated carbocycles. The van der Waals surface area contributed by atoms with E-state index < -0.39 is 20.5 Å². The van der Waals surface area contributed by atoms with Crippen LogP contribution in [0.4, 0.5) is 0 Å². The molecule has 317 valence electrons. The van der Waals surface area contributed by atoms with Crippen molar-refractivity contribution in [2.45, 2.75) is 40.5 Å². The fourth-order valence-electron chi connectivity index (χ4n) is 4.42. The van der Waals surface area contributed by atoms with Gasteiger partial charge in [0.25, 0.3) is 0 Å². The van der Waals surface area contributed by atoms with E-state index in [4.69, 9.17) is 57.3 Å². The van der Waals surface area contributed by atoms with Gasteiger partial charge < -0.3 is 9.47 Å². The second-order valence-corrected chi connectivity index (χ2v) is 11.8. The van der Waals surface area contributed by atoms with Gasteiger partial charge in [0.1, 0.15) is 34.5 Å². The number of rotatable bonds is 8. The Bertz CT molecular complexity index is 1960. The summed E-state index contributed by atoms with van der Waals surface area (Å²) in [6, 6.07) is 30.7. The maximum atomic E-state index is 8.49. The van der Waals surface area contributed by atoms with Crippen molar-refractivity contribution < 1.29 is 84.3 Å². The van der Waals surface area contributed by atoms with Crippen molar-refractivity contribution in [3.63, 3.8) is 0 Å². The normalized spacial score (nSPS) is 9.83. The summed E-state index contributed by atoms with van der Waals surface area (Å²) in [5.41, 5.74) is 3.61. The molecule has 4 heterocycles. The predicted molar refractivity (Wildman–Crippen MR) is 184 cm³/mol. The summed E-state index contributed by atoms with van der Waals surface area (Å²) in [6.07, 6.45) is 5.11. The van der Waals surface area contributed by atoms with Crippen molar-refractivity contribution in [3.05, 3.63) is 109 Å². The van der Waals surface area contributed by atoms with Crippen LogP contribution >= 0.6 is 0 Å². The van der Waals surface area contributed by atoms with Crippen molar-refractivity contribution in [2.24, 2.45) is 0 Å². The van der Waals surface area contributed by atoms with Crippen LogP contribution < -0.4 is 46.7 Å². The second-order valence-electron chi connectivity index (χ2n) is 10.3. The van der Waals surface area contributed by atoms with Gasteiger partial charge in [-0.2, -0.15) is 10.5 Å². The summed E-state index contributed by atoms with van der Waals surface area (Å²) in [7, 11) is -6.57. The van der Waals surface area contributed by atoms with Crippen molar-refractivity contribution in [1.29, 1.82) is 10.5 Å². The van der Waals surface area contributed by atoms with Crippen LogP contribution in [0.1, 0.15) is 39.3 Å². The van der Waals surface area contributed by atoms with Gasteiger partial charge in [0.2, 0.25) is 0 Å². The first-order chi connectivity index (χ1) is 27.5. The molecule has 0 aliphatic carbocycles. The summed E-state index contributed by atoms with van der Waals surface area (Å²) < 4.78 is 82.4. The fraction of sp³-hybridized carbons (Fsp3) is 0.222. The van der Waals surface area contributed by atoms with Crippen LogP contribution in [0, 0.1) is 43.1 Å². The van der Waals surface area contributed by atoms with Crippen LogP contribution in [0.3, 0.4) is 0 Å². The van der Waals surface area contributed by atoms with Crippen LogP contribution in [0.5, 0.6) is 11.5 Å². The topological polar surface area (TPSA) is 338 Å². The molecule has 59 heavy (non-hydrogen) atoms. The van der Waals surface area contributed by atoms with Gasteiger partial charge in [0, 0.05) is 50.5 Å². The van der Waals surface area contributed by atoms with E-state index in [-0.39, 0.29) is 17.1 Å². The Morgan fingerprint density at radius 3 is 1.05 bits per heavy atom. The minimum absolute atomic E-state index is 0. The minimum Gasteiger partial charge on any atom is -0.497 e. The summed E-state index contributed by atoms with van der Waals surface area (Å²) in [5.74, 6) is 4.95. The molecule has 0 unspecified atom stereocenters. The van der Waals surface area contributed by atoms with Crippen LogP contribution in [0.15, 0.2) is 97.3 Å². The van der Waals surface area contributed by atoms with E-state index in [0.29, 0.717) is 0 Å². The predicted octanol–water partition coefficient (Wildman–Crippen LogP) is -2.65. The summed E-state index contributed by atoms with van der Waals surface area (Å²) in [4.78, 5) is 8.74. The van der Waals surface area contributed by atoms with Crippen LogP contribution in [-0.4, -0.2) is 53.7 Å². The summed E-state index contributed by atoms with van der Waals surface area (Å²) in [6.45, 7) is 6.98. The van der Waals surface area contributed by atoms with Gasteiger partial charge in [-0.15, -0.1) is 40.9 Å². The number of methoxy groups -OCH3 is 2. The molecule has 2 aromatic carbocycles. The maximum absolute atomic E-state index is 8.49. The van der Waals surface area contributed by atoms with E-state index in [1.807, 2.05) is 94.1 Å². The second kappa shape index (κ2) is 27.9. The number of nitrogens with zero attached hydrogens (tertiary/aromatic N) is 10. The standard InChI is InChI=1S/2C16H16N4O.2C2H3N.2ClHO4.Cu/c2*1-3-15-18-19-16(14-6-4-5-11-17-14)20(15)12-7-9-13(21-2)10-8-12;2*1-2-3;2*2-1(3,4)5;/h2*4-11H,3H2,1-2H3;2*1H3;2*(H,2,3,4,5);/q;;;;;;+2/p-2. The number of pyridine rings is 2. The minimum atomic E-state index is -4.94. The molecule has 23 heteroatoms. The number of aromatic nitrogens is 8. The number of hydrogen-bond acceptors (Lipinski definition) is 18. The molecule has 0 aliphatic rings. The zero-order valence-corrected chi connectivity index (χ0v) is 34.7. The summed E-state index contributed by atoms with van der Waals surface area (Å²) in [5, 5.41) is 31.8. The van der Waals surface area contributed by atoms with Crippen molar-refractivity contribution in [1.82, 2.24) is 39.5 Å². The van der Waals surface area contributed by atoms with Gasteiger partial charge in [0.15, 0.2) is 11.6 Å². The van der Waals surface area contributed by atoms with Crippen LogP contribution in [0.25, 0.3) is 34.4 Å². The van der Waals surface area contributed by atoms with Gasteiger partial charge in [-0.3, -0.25) is 19.1 Å². The number of benzene rings is 2. The van der Waals surface area contributed by atoms with E-state index in [0.717, 1.165) is 70.4 Å². The van der Waals surface area contributed by atoms with E-state index in [1.165, 1.54) is 13.8 Å². The first kappa shape index (κ1) is 53.4. The molecular formula is C36H38Cl2CuN10O10. The van der Waals surface area contributed by atoms with Gasteiger partial charge in [0.05, 0.1) is 26.4 Å². The molecule has 6 aromatic rings. The quantitative estimate of drug-likeness (QED) is 0.141. The first-order valence-corrected chi connectivity index (χ1v) is 18.8. The van der Waals surface area contributed by atoms with Crippen molar-refractivity contribution >= 4 is 0 Å². The van der Waals surface area contributed by atoms with Crippen molar-refractivity contribution in [3.8, 4) is 58.0 Å². The summed E-state index contributed by atoms with van der Waals surface area (Å²) >= 11 is 0. The van der Waals surface area contributed by atoms with E-state index in [2.05, 4.69) is 44.2 Å². The zero-order valence-electron chi connectivity index (χ0n) is 32.3. The first-order valence-electron chi connectivity index (χ1n) is 16.3. The van der Waals surface area contributed by atoms with E-state index in [9.17, 15) is 0 Å². The third-order valence-electron chi connectivity index (χ3n) is 6.54. The van der Waals surface area contributed by atoms with Gasteiger partial charge >= 0.3 is 17.1 Å². The Morgan fingerprint density at radius 2 is 0.831 bits per heavy atom.